The maximum atomic E-state index is 4.21. The molecule has 0 amide bonds. The van der Waals surface area contributed by atoms with Crippen molar-refractivity contribution >= 4 is 12.4 Å². The molecule has 15 heavy (non-hydrogen) atoms. The number of aromatic nitrogens is 2. The first kappa shape index (κ1) is 16.3. The van der Waals surface area contributed by atoms with Gasteiger partial charge in [-0.15, -0.1) is 12.4 Å². The highest BCUT2D eigenvalue weighted by Crippen LogP contribution is 1.91. The minimum Gasteiger partial charge on any atom is -1.00 e. The summed E-state index contributed by atoms with van der Waals surface area (Å²) in [7, 11) is 0. The Kier molecular flexibility index (Phi) is 8.87. The van der Waals surface area contributed by atoms with E-state index in [2.05, 4.69) is 4.98 Å². The summed E-state index contributed by atoms with van der Waals surface area (Å²) in [4.78, 5) is 4.21. The quantitative estimate of drug-likeness (QED) is 0.535. The van der Waals surface area contributed by atoms with Crippen molar-refractivity contribution in [3.8, 4) is 5.82 Å². The molecule has 0 radical (unpaired) electrons. The standard InChI is InChI=1S/C10H9N2.2ClH.H2O/c1-4-8-12(9-5-1)10-6-2-3-7-11-10;;;/h1-9H;2*1H;1H2/q+1;;;/p-1. The van der Waals surface area contributed by atoms with Gasteiger partial charge in [-0.1, -0.05) is 12.1 Å². The van der Waals surface area contributed by atoms with E-state index in [0.717, 1.165) is 5.82 Å². The first-order valence-electron chi connectivity index (χ1n) is 3.84. The van der Waals surface area contributed by atoms with Crippen LogP contribution in [-0.4, -0.2) is 10.5 Å². The lowest BCUT2D eigenvalue weighted by molar-refractivity contribution is -0.599. The van der Waals surface area contributed by atoms with Crippen LogP contribution in [0.15, 0.2) is 55.0 Å². The van der Waals surface area contributed by atoms with Gasteiger partial charge < -0.3 is 17.9 Å². The molecule has 82 valence electrons. The Morgan fingerprint density at radius 2 is 1.60 bits per heavy atom. The number of pyridine rings is 2. The molecule has 0 aromatic carbocycles. The zero-order valence-electron chi connectivity index (χ0n) is 7.88. The molecule has 0 aliphatic heterocycles. The van der Waals surface area contributed by atoms with E-state index in [-0.39, 0.29) is 30.3 Å². The van der Waals surface area contributed by atoms with Gasteiger partial charge >= 0.3 is 5.82 Å². The van der Waals surface area contributed by atoms with Gasteiger partial charge in [0.05, 0.1) is 12.4 Å². The monoisotopic (exact) mass is 246 g/mol. The summed E-state index contributed by atoms with van der Waals surface area (Å²) in [6.45, 7) is 0. The van der Waals surface area contributed by atoms with Crippen molar-refractivity contribution in [2.75, 3.05) is 0 Å². The third-order valence-corrected chi connectivity index (χ3v) is 1.63. The van der Waals surface area contributed by atoms with Crippen LogP contribution < -0.4 is 17.0 Å². The normalized spacial score (nSPS) is 7.73. The molecule has 0 aliphatic carbocycles. The first-order valence-corrected chi connectivity index (χ1v) is 3.84. The fourth-order valence-corrected chi connectivity index (χ4v) is 1.06. The van der Waals surface area contributed by atoms with Crippen LogP contribution in [0.5, 0.6) is 0 Å². The van der Waals surface area contributed by atoms with Crippen molar-refractivity contribution in [1.29, 1.82) is 0 Å². The number of halogens is 2. The maximum Gasteiger partial charge on any atom is 0.327 e. The Labute approximate surface area is 101 Å². The van der Waals surface area contributed by atoms with E-state index >= 15 is 0 Å². The predicted molar refractivity (Wildman–Crippen MR) is 56.6 cm³/mol. The molecule has 0 fully saturated rings. The van der Waals surface area contributed by atoms with Crippen LogP contribution >= 0.6 is 12.4 Å². The predicted octanol–water partition coefficient (Wildman–Crippen LogP) is -2.04. The second-order valence-electron chi connectivity index (χ2n) is 2.47. The average Bonchev–Trinajstić information content (AvgIpc) is 2.21. The van der Waals surface area contributed by atoms with Gasteiger partial charge in [0.2, 0.25) is 0 Å². The highest BCUT2D eigenvalue weighted by atomic mass is 35.5. The number of rotatable bonds is 1. The Bertz CT molecular complexity index is 319. The van der Waals surface area contributed by atoms with Gasteiger partial charge in [0.15, 0.2) is 0 Å². The summed E-state index contributed by atoms with van der Waals surface area (Å²) in [5, 5.41) is 0. The zero-order chi connectivity index (χ0) is 8.23. The number of hydrogen-bond acceptors (Lipinski definition) is 1. The van der Waals surface area contributed by atoms with Crippen LogP contribution in [0.4, 0.5) is 0 Å². The minimum absolute atomic E-state index is 0. The molecule has 2 heterocycles. The molecule has 3 nitrogen and oxygen atoms in total. The molecular formula is C10H12Cl2N2O. The molecule has 0 aliphatic rings. The van der Waals surface area contributed by atoms with Gasteiger partial charge in [0, 0.05) is 6.07 Å². The molecule has 2 aromatic heterocycles. The second-order valence-corrected chi connectivity index (χ2v) is 2.47. The largest absolute Gasteiger partial charge is 1.00 e. The van der Waals surface area contributed by atoms with E-state index in [9.17, 15) is 0 Å². The highest BCUT2D eigenvalue weighted by Gasteiger charge is 2.01. The fourth-order valence-electron chi connectivity index (χ4n) is 1.06. The third kappa shape index (κ3) is 4.25. The van der Waals surface area contributed by atoms with E-state index < -0.39 is 0 Å². The average molecular weight is 247 g/mol. The maximum absolute atomic E-state index is 4.21. The van der Waals surface area contributed by atoms with Gasteiger partial charge in [-0.2, -0.15) is 0 Å². The van der Waals surface area contributed by atoms with Crippen molar-refractivity contribution in [1.82, 2.24) is 4.98 Å². The van der Waals surface area contributed by atoms with Crippen molar-refractivity contribution < 1.29 is 22.5 Å². The van der Waals surface area contributed by atoms with Crippen molar-refractivity contribution in [3.63, 3.8) is 0 Å². The van der Waals surface area contributed by atoms with E-state index in [1.165, 1.54) is 0 Å². The molecule has 0 bridgehead atoms. The van der Waals surface area contributed by atoms with Gasteiger partial charge in [-0.25, -0.2) is 4.57 Å². The molecule has 5 heteroatoms. The summed E-state index contributed by atoms with van der Waals surface area (Å²) < 4.78 is 1.97. The van der Waals surface area contributed by atoms with E-state index in [1.54, 1.807) is 6.20 Å². The van der Waals surface area contributed by atoms with Crippen LogP contribution in [0.3, 0.4) is 0 Å². The van der Waals surface area contributed by atoms with E-state index in [1.807, 2.05) is 53.4 Å². The molecule has 2 rings (SSSR count). The molecule has 0 spiro atoms. The Hall–Kier alpha value is -1.16. The summed E-state index contributed by atoms with van der Waals surface area (Å²) in [5.41, 5.74) is 0. The number of nitrogens with zero attached hydrogens (tertiary/aromatic N) is 2. The Morgan fingerprint density at radius 1 is 0.933 bits per heavy atom. The topological polar surface area (TPSA) is 48.3 Å². The SMILES string of the molecule is Cl.O.[Cl-].c1cc[n+](-c2ccccn2)cc1. The minimum atomic E-state index is 0. The van der Waals surface area contributed by atoms with Gasteiger partial charge in [0.25, 0.3) is 0 Å². The van der Waals surface area contributed by atoms with Gasteiger partial charge in [0.1, 0.15) is 6.20 Å². The molecule has 0 unspecified atom stereocenters. The molecule has 0 saturated carbocycles. The van der Waals surface area contributed by atoms with Gasteiger partial charge in [-0.3, -0.25) is 0 Å². The van der Waals surface area contributed by atoms with Crippen molar-refractivity contribution in [2.45, 2.75) is 0 Å². The van der Waals surface area contributed by atoms with Crippen LogP contribution in [0.1, 0.15) is 0 Å². The number of hydrogen-bond donors (Lipinski definition) is 0. The van der Waals surface area contributed by atoms with Gasteiger partial charge in [-0.05, 0) is 23.2 Å². The van der Waals surface area contributed by atoms with Crippen LogP contribution in [0.2, 0.25) is 0 Å². The summed E-state index contributed by atoms with van der Waals surface area (Å²) in [6, 6.07) is 11.8. The Balaban J connectivity index is 0. The second kappa shape index (κ2) is 8.17. The van der Waals surface area contributed by atoms with Crippen LogP contribution in [0, 0.1) is 0 Å². The third-order valence-electron chi connectivity index (χ3n) is 1.63. The van der Waals surface area contributed by atoms with Crippen LogP contribution in [0.25, 0.3) is 5.82 Å². The fraction of sp³-hybridized carbons (Fsp3) is 0. The first-order chi connectivity index (χ1) is 5.97. The van der Waals surface area contributed by atoms with E-state index in [0.29, 0.717) is 0 Å². The van der Waals surface area contributed by atoms with Crippen LogP contribution in [-0.2, 0) is 0 Å². The lowest BCUT2D eigenvalue weighted by Gasteiger charge is -1.91. The van der Waals surface area contributed by atoms with Crippen molar-refractivity contribution in [3.05, 3.63) is 55.0 Å². The molecular weight excluding hydrogens is 235 g/mol. The summed E-state index contributed by atoms with van der Waals surface area (Å²) in [5.74, 6) is 0.943. The van der Waals surface area contributed by atoms with E-state index in [4.69, 9.17) is 0 Å². The lowest BCUT2D eigenvalue weighted by Crippen LogP contribution is -3.00. The lowest BCUT2D eigenvalue weighted by atomic mass is 10.4. The molecule has 0 saturated heterocycles. The molecule has 0 atom stereocenters. The molecule has 2 aromatic rings. The Morgan fingerprint density at radius 3 is 2.13 bits per heavy atom. The zero-order valence-corrected chi connectivity index (χ0v) is 9.45. The molecule has 2 N–H and O–H groups in total. The summed E-state index contributed by atoms with van der Waals surface area (Å²) in [6.07, 6.45) is 5.74. The highest BCUT2D eigenvalue weighted by molar-refractivity contribution is 5.85. The smallest absolute Gasteiger partial charge is 0.327 e. The van der Waals surface area contributed by atoms with Crippen molar-refractivity contribution in [2.24, 2.45) is 0 Å². The summed E-state index contributed by atoms with van der Waals surface area (Å²) >= 11 is 0.